The topological polar surface area (TPSA) is 79.7 Å². The van der Waals surface area contributed by atoms with E-state index in [-0.39, 0.29) is 34.0 Å². The number of halogens is 4. The molecule has 1 amide bonds. The van der Waals surface area contributed by atoms with Gasteiger partial charge in [0.15, 0.2) is 0 Å². The third kappa shape index (κ3) is 4.66. The van der Waals surface area contributed by atoms with Gasteiger partial charge >= 0.3 is 6.18 Å². The number of carbonyl (C=O) groups excluding carboxylic acids is 2. The highest BCUT2D eigenvalue weighted by atomic mass is 35.5. The Morgan fingerprint density at radius 3 is 2.56 bits per heavy atom. The van der Waals surface area contributed by atoms with E-state index in [9.17, 15) is 27.9 Å². The van der Waals surface area contributed by atoms with Crippen molar-refractivity contribution in [2.45, 2.75) is 25.7 Å². The number of pyridine rings is 1. The van der Waals surface area contributed by atoms with Crippen LogP contribution in [0.25, 0.3) is 5.76 Å². The highest BCUT2D eigenvalue weighted by molar-refractivity contribution is 6.46. The number of nitrogens with zero attached hydrogens (tertiary/aromatic N) is 2. The first-order chi connectivity index (χ1) is 17.0. The summed E-state index contributed by atoms with van der Waals surface area (Å²) in [4.78, 5) is 31.5. The minimum atomic E-state index is -4.58. The number of ether oxygens (including phenoxy) is 1. The molecule has 4 rings (SSSR count). The molecule has 1 aliphatic rings. The molecule has 0 saturated carbocycles. The summed E-state index contributed by atoms with van der Waals surface area (Å²) >= 11 is 6.27. The van der Waals surface area contributed by atoms with Crippen molar-refractivity contribution in [2.24, 2.45) is 0 Å². The number of ketones is 1. The van der Waals surface area contributed by atoms with E-state index in [1.165, 1.54) is 31.6 Å². The van der Waals surface area contributed by atoms with Crippen molar-refractivity contribution in [2.75, 3.05) is 7.11 Å². The number of aliphatic hydroxyl groups excluding tert-OH is 1. The number of Topliss-reactive ketones (excluding diaryl/α,β-unsaturated/α-hetero) is 1. The van der Waals surface area contributed by atoms with E-state index >= 15 is 0 Å². The number of aliphatic hydroxyl groups is 1. The molecule has 1 aliphatic heterocycles. The Bertz CT molecular complexity index is 1370. The van der Waals surface area contributed by atoms with Gasteiger partial charge in [-0.25, -0.2) is 0 Å². The van der Waals surface area contributed by atoms with Crippen LogP contribution in [-0.4, -0.2) is 33.8 Å². The molecule has 3 aromatic rings. The van der Waals surface area contributed by atoms with Crippen molar-refractivity contribution in [3.63, 3.8) is 0 Å². The van der Waals surface area contributed by atoms with Crippen LogP contribution in [0.4, 0.5) is 13.2 Å². The maximum absolute atomic E-state index is 13.2. The number of carbonyl (C=O) groups is 2. The molecule has 1 N–H and O–H groups in total. The third-order valence-corrected chi connectivity index (χ3v) is 6.08. The van der Waals surface area contributed by atoms with Crippen molar-refractivity contribution < 1.29 is 32.6 Å². The number of likely N-dealkylation sites (tertiary alicyclic amines) is 1. The van der Waals surface area contributed by atoms with Crippen LogP contribution in [0.15, 0.2) is 66.5 Å². The second-order valence-corrected chi connectivity index (χ2v) is 8.65. The Hall–Kier alpha value is -3.85. The zero-order chi connectivity index (χ0) is 26.2. The maximum Gasteiger partial charge on any atom is 0.416 e. The van der Waals surface area contributed by atoms with Gasteiger partial charge in [0, 0.05) is 18.9 Å². The molecule has 2 aromatic carbocycles. The number of amides is 1. The predicted octanol–water partition coefficient (Wildman–Crippen LogP) is 5.69. The summed E-state index contributed by atoms with van der Waals surface area (Å²) in [6, 6.07) is 9.75. The van der Waals surface area contributed by atoms with Crippen molar-refractivity contribution in [3.8, 4) is 5.75 Å². The predicted molar refractivity (Wildman–Crippen MR) is 126 cm³/mol. The van der Waals surface area contributed by atoms with E-state index < -0.39 is 35.2 Å². The van der Waals surface area contributed by atoms with Crippen molar-refractivity contribution in [3.05, 3.63) is 99.3 Å². The number of benzene rings is 2. The van der Waals surface area contributed by atoms with Gasteiger partial charge < -0.3 is 14.7 Å². The summed E-state index contributed by atoms with van der Waals surface area (Å²) in [6.07, 6.45) is -1.66. The van der Waals surface area contributed by atoms with E-state index in [1.54, 1.807) is 31.2 Å². The molecule has 6 nitrogen and oxygen atoms in total. The summed E-state index contributed by atoms with van der Waals surface area (Å²) in [5.74, 6) is -2.38. The fraction of sp³-hybridized carbons (Fsp3) is 0.192. The van der Waals surface area contributed by atoms with Gasteiger partial charge in [0.05, 0.1) is 34.9 Å². The number of hydrogen-bond acceptors (Lipinski definition) is 5. The lowest BCUT2D eigenvalue weighted by Crippen LogP contribution is -2.29. The summed E-state index contributed by atoms with van der Waals surface area (Å²) in [5.41, 5.74) is 0.195. The monoisotopic (exact) mass is 516 g/mol. The molecule has 0 radical (unpaired) electrons. The normalized spacial score (nSPS) is 17.5. The summed E-state index contributed by atoms with van der Waals surface area (Å²) in [6.45, 7) is 1.42. The zero-order valence-corrected chi connectivity index (χ0v) is 19.9. The third-order valence-electron chi connectivity index (χ3n) is 5.79. The van der Waals surface area contributed by atoms with Gasteiger partial charge in [-0.3, -0.25) is 14.6 Å². The van der Waals surface area contributed by atoms with Crippen LogP contribution in [0, 0.1) is 6.92 Å². The van der Waals surface area contributed by atoms with E-state index in [0.29, 0.717) is 11.1 Å². The molecule has 1 aromatic heterocycles. The lowest BCUT2D eigenvalue weighted by Gasteiger charge is -2.25. The molecule has 186 valence electrons. The van der Waals surface area contributed by atoms with Crippen LogP contribution in [0.1, 0.15) is 33.9 Å². The molecule has 10 heteroatoms. The van der Waals surface area contributed by atoms with Crippen LogP contribution >= 0.6 is 11.6 Å². The number of aromatic nitrogens is 1. The van der Waals surface area contributed by atoms with Gasteiger partial charge in [0.2, 0.25) is 0 Å². The highest BCUT2D eigenvalue weighted by Gasteiger charge is 2.46. The van der Waals surface area contributed by atoms with Crippen LogP contribution in [-0.2, 0) is 22.3 Å². The molecule has 0 spiro atoms. The summed E-state index contributed by atoms with van der Waals surface area (Å²) in [7, 11) is 1.35. The smallest absolute Gasteiger partial charge is 0.416 e. The van der Waals surface area contributed by atoms with Crippen LogP contribution in [0.3, 0.4) is 0 Å². The highest BCUT2D eigenvalue weighted by Crippen LogP contribution is 2.43. The van der Waals surface area contributed by atoms with Crippen LogP contribution in [0.2, 0.25) is 5.02 Å². The Kier molecular flexibility index (Phi) is 6.77. The van der Waals surface area contributed by atoms with Crippen LogP contribution < -0.4 is 4.74 Å². The molecule has 2 heterocycles. The lowest BCUT2D eigenvalue weighted by atomic mass is 9.95. The minimum absolute atomic E-state index is 0.105. The quantitative estimate of drug-likeness (QED) is 0.268. The van der Waals surface area contributed by atoms with E-state index in [1.807, 2.05) is 0 Å². The van der Waals surface area contributed by atoms with Gasteiger partial charge in [-0.15, -0.1) is 0 Å². The fourth-order valence-electron chi connectivity index (χ4n) is 4.23. The maximum atomic E-state index is 13.2. The van der Waals surface area contributed by atoms with Gasteiger partial charge in [0.1, 0.15) is 11.5 Å². The second-order valence-electron chi connectivity index (χ2n) is 8.24. The molecule has 36 heavy (non-hydrogen) atoms. The zero-order valence-electron chi connectivity index (χ0n) is 19.1. The van der Waals surface area contributed by atoms with E-state index in [0.717, 1.165) is 17.0 Å². The standard InChI is InChI=1S/C26H20ClF3N2O4/c1-14-9-18(24(36-2)19(27)10-14)22(33)20-21(16-6-4-8-31-12-16)32(25(35)23(20)34)13-15-5-3-7-17(11-15)26(28,29)30/h3-12,21,33H,13H2,1-2H3/b22-20+. The minimum Gasteiger partial charge on any atom is -0.507 e. The first-order valence-corrected chi connectivity index (χ1v) is 11.1. The molecule has 1 saturated heterocycles. The lowest BCUT2D eigenvalue weighted by molar-refractivity contribution is -0.140. The number of alkyl halides is 3. The SMILES string of the molecule is COc1c(Cl)cc(C)cc1/C(O)=C1\C(=O)C(=O)N(Cc2cccc(C(F)(F)F)c2)C1c1cccnc1. The first kappa shape index (κ1) is 25.2. The van der Waals surface area contributed by atoms with Gasteiger partial charge in [-0.1, -0.05) is 29.8 Å². The molecular formula is C26H20ClF3N2O4. The average molecular weight is 517 g/mol. The van der Waals surface area contributed by atoms with Gasteiger partial charge in [-0.2, -0.15) is 13.2 Å². The Morgan fingerprint density at radius 1 is 1.17 bits per heavy atom. The van der Waals surface area contributed by atoms with Crippen molar-refractivity contribution >= 4 is 29.1 Å². The second kappa shape index (κ2) is 9.66. The molecule has 1 fully saturated rings. The van der Waals surface area contributed by atoms with Crippen LogP contribution in [0.5, 0.6) is 5.75 Å². The van der Waals surface area contributed by atoms with E-state index in [2.05, 4.69) is 4.98 Å². The first-order valence-electron chi connectivity index (χ1n) is 10.7. The van der Waals surface area contributed by atoms with Gasteiger partial charge in [-0.05, 0) is 53.9 Å². The van der Waals surface area contributed by atoms with Gasteiger partial charge in [0.25, 0.3) is 11.7 Å². The molecular weight excluding hydrogens is 497 g/mol. The molecule has 1 atom stereocenters. The summed E-state index contributed by atoms with van der Waals surface area (Å²) in [5, 5.41) is 11.5. The Labute approximate surface area is 209 Å². The Balaban J connectivity index is 1.89. The largest absolute Gasteiger partial charge is 0.507 e. The fourth-order valence-corrected chi connectivity index (χ4v) is 4.58. The number of hydrogen-bond donors (Lipinski definition) is 1. The van der Waals surface area contributed by atoms with Crippen molar-refractivity contribution in [1.29, 1.82) is 0 Å². The van der Waals surface area contributed by atoms with Crippen molar-refractivity contribution in [1.82, 2.24) is 9.88 Å². The number of methoxy groups -OCH3 is 1. The average Bonchev–Trinajstić information content (AvgIpc) is 3.08. The van der Waals surface area contributed by atoms with E-state index in [4.69, 9.17) is 16.3 Å². The molecule has 0 aliphatic carbocycles. The summed E-state index contributed by atoms with van der Waals surface area (Å²) < 4.78 is 45.1. The Morgan fingerprint density at radius 2 is 1.92 bits per heavy atom. The molecule has 0 bridgehead atoms. The number of aryl methyl sites for hydroxylation is 1. The molecule has 1 unspecified atom stereocenters. The number of rotatable bonds is 5.